The zero-order chi connectivity index (χ0) is 18.1. The van der Waals surface area contributed by atoms with Crippen molar-refractivity contribution in [1.82, 2.24) is 9.55 Å². The first kappa shape index (κ1) is 17.5. The van der Waals surface area contributed by atoms with Crippen molar-refractivity contribution in [2.75, 3.05) is 0 Å². The van der Waals surface area contributed by atoms with E-state index < -0.39 is 0 Å². The predicted molar refractivity (Wildman–Crippen MR) is 108 cm³/mol. The molecule has 0 radical (unpaired) electrons. The van der Waals surface area contributed by atoms with Gasteiger partial charge < -0.3 is 0 Å². The Morgan fingerprint density at radius 3 is 2.77 bits per heavy atom. The van der Waals surface area contributed by atoms with E-state index in [4.69, 9.17) is 4.98 Å². The summed E-state index contributed by atoms with van der Waals surface area (Å²) in [5, 5.41) is 3.29. The van der Waals surface area contributed by atoms with Crippen LogP contribution in [0.25, 0.3) is 21.3 Å². The van der Waals surface area contributed by atoms with Crippen LogP contribution in [0.5, 0.6) is 0 Å². The normalized spacial score (nSPS) is 17.7. The number of nitrogens with zero attached hydrogens (tertiary/aromatic N) is 2. The van der Waals surface area contributed by atoms with Crippen LogP contribution in [-0.4, -0.2) is 20.6 Å². The van der Waals surface area contributed by atoms with Gasteiger partial charge in [0, 0.05) is 23.9 Å². The summed E-state index contributed by atoms with van der Waals surface area (Å²) in [6.45, 7) is 2.51. The lowest BCUT2D eigenvalue weighted by molar-refractivity contribution is -0.119. The van der Waals surface area contributed by atoms with Gasteiger partial charge in [-0.2, -0.15) is 0 Å². The van der Waals surface area contributed by atoms with Crippen molar-refractivity contribution in [2.24, 2.45) is 0 Å². The minimum Gasteiger partial charge on any atom is -0.298 e. The molecule has 6 heteroatoms. The lowest BCUT2D eigenvalue weighted by Gasteiger charge is -2.20. The molecule has 1 saturated carbocycles. The molecule has 0 saturated heterocycles. The molecule has 4 nitrogen and oxygen atoms in total. The summed E-state index contributed by atoms with van der Waals surface area (Å²) in [4.78, 5) is 30.9. The van der Waals surface area contributed by atoms with E-state index in [0.29, 0.717) is 23.5 Å². The minimum atomic E-state index is -0.0699. The fourth-order valence-electron chi connectivity index (χ4n) is 3.41. The molecule has 3 aromatic rings. The van der Waals surface area contributed by atoms with E-state index in [1.54, 1.807) is 4.57 Å². The third-order valence-electron chi connectivity index (χ3n) is 4.81. The van der Waals surface area contributed by atoms with E-state index in [1.807, 2.05) is 42.6 Å². The van der Waals surface area contributed by atoms with E-state index >= 15 is 0 Å². The molecule has 2 heterocycles. The second kappa shape index (κ2) is 7.37. The molecule has 0 spiro atoms. The van der Waals surface area contributed by atoms with Gasteiger partial charge in [-0.3, -0.25) is 14.2 Å². The second-order valence-electron chi connectivity index (χ2n) is 6.46. The molecule has 0 amide bonds. The van der Waals surface area contributed by atoms with Crippen LogP contribution in [-0.2, 0) is 11.3 Å². The fourth-order valence-corrected chi connectivity index (χ4v) is 5.67. The highest BCUT2D eigenvalue weighted by Crippen LogP contribution is 2.34. The summed E-state index contributed by atoms with van der Waals surface area (Å²) in [6, 6.07) is 9.95. The number of rotatable bonds is 4. The highest BCUT2D eigenvalue weighted by Gasteiger charge is 2.26. The molecule has 0 bridgehead atoms. The third kappa shape index (κ3) is 3.12. The molecule has 0 unspecified atom stereocenters. The monoisotopic (exact) mass is 384 g/mol. The zero-order valence-corrected chi connectivity index (χ0v) is 16.2. The van der Waals surface area contributed by atoms with Gasteiger partial charge in [-0.15, -0.1) is 11.3 Å². The summed E-state index contributed by atoms with van der Waals surface area (Å²) >= 11 is 2.96. The molecule has 26 heavy (non-hydrogen) atoms. The molecule has 4 rings (SSSR count). The lowest BCUT2D eigenvalue weighted by Crippen LogP contribution is -2.26. The third-order valence-corrected chi connectivity index (χ3v) is 6.98. The van der Waals surface area contributed by atoms with Gasteiger partial charge in [0.1, 0.15) is 10.6 Å². The Morgan fingerprint density at radius 1 is 1.23 bits per heavy atom. The van der Waals surface area contributed by atoms with Crippen LogP contribution in [0.1, 0.15) is 32.6 Å². The zero-order valence-electron chi connectivity index (χ0n) is 14.6. The number of thioether (sulfide) groups is 1. The molecule has 0 N–H and O–H groups in total. The SMILES string of the molecule is CCn1c(S[C@H]2CCCCC2=O)nc2scc(-c3ccccc3)c2c1=O. The summed E-state index contributed by atoms with van der Waals surface area (Å²) < 4.78 is 1.72. The number of hydrogen-bond donors (Lipinski definition) is 0. The van der Waals surface area contributed by atoms with Crippen molar-refractivity contribution >= 4 is 39.1 Å². The average Bonchev–Trinajstić information content (AvgIpc) is 3.09. The van der Waals surface area contributed by atoms with Gasteiger partial charge in [-0.25, -0.2) is 4.98 Å². The first-order valence-electron chi connectivity index (χ1n) is 8.96. The Labute approximate surface area is 160 Å². The van der Waals surface area contributed by atoms with Gasteiger partial charge >= 0.3 is 0 Å². The molecule has 1 aliphatic carbocycles. The Morgan fingerprint density at radius 2 is 2.04 bits per heavy atom. The molecule has 1 aliphatic rings. The first-order valence-corrected chi connectivity index (χ1v) is 10.7. The number of benzene rings is 1. The van der Waals surface area contributed by atoms with Crippen LogP contribution in [0.2, 0.25) is 0 Å². The molecular formula is C20H20N2O2S2. The maximum atomic E-state index is 13.2. The second-order valence-corrected chi connectivity index (χ2v) is 8.49. The molecule has 2 aromatic heterocycles. The lowest BCUT2D eigenvalue weighted by atomic mass is 9.99. The minimum absolute atomic E-state index is 0.0108. The molecule has 0 aliphatic heterocycles. The van der Waals surface area contributed by atoms with Gasteiger partial charge in [0.25, 0.3) is 5.56 Å². The maximum absolute atomic E-state index is 13.2. The van der Waals surface area contributed by atoms with E-state index in [0.717, 1.165) is 35.2 Å². The van der Waals surface area contributed by atoms with Crippen LogP contribution in [0.3, 0.4) is 0 Å². The number of carbonyl (C=O) groups excluding carboxylic acids is 1. The molecule has 1 aromatic carbocycles. The van der Waals surface area contributed by atoms with E-state index in [9.17, 15) is 9.59 Å². The summed E-state index contributed by atoms with van der Waals surface area (Å²) in [7, 11) is 0. The molecule has 134 valence electrons. The van der Waals surface area contributed by atoms with E-state index in [1.165, 1.54) is 23.1 Å². The Bertz CT molecular complexity index is 1010. The number of ketones is 1. The van der Waals surface area contributed by atoms with Crippen molar-refractivity contribution in [3.63, 3.8) is 0 Å². The Hall–Kier alpha value is -1.92. The molecular weight excluding hydrogens is 364 g/mol. The number of hydrogen-bond acceptors (Lipinski definition) is 5. The molecule has 1 fully saturated rings. The van der Waals surface area contributed by atoms with Gasteiger partial charge in [0.05, 0.1) is 10.6 Å². The smallest absolute Gasteiger partial charge is 0.263 e. The summed E-state index contributed by atoms with van der Waals surface area (Å²) in [5.41, 5.74) is 1.96. The number of carbonyl (C=O) groups is 1. The highest BCUT2D eigenvalue weighted by molar-refractivity contribution is 8.00. The van der Waals surface area contributed by atoms with Crippen LogP contribution in [0, 0.1) is 0 Å². The quantitative estimate of drug-likeness (QED) is 0.609. The van der Waals surface area contributed by atoms with E-state index in [2.05, 4.69) is 0 Å². The maximum Gasteiger partial charge on any atom is 0.263 e. The predicted octanol–water partition coefficient (Wildman–Crippen LogP) is 4.75. The topological polar surface area (TPSA) is 52.0 Å². The standard InChI is InChI=1S/C20H20N2O2S2/c1-2-22-19(24)17-14(13-8-4-3-5-9-13)12-25-18(17)21-20(22)26-16-11-7-6-10-15(16)23/h3-5,8-9,12,16H,2,6-7,10-11H2,1H3/t16-/m0/s1. The van der Waals surface area contributed by atoms with E-state index in [-0.39, 0.29) is 16.6 Å². The number of thiophene rings is 1. The van der Waals surface area contributed by atoms with Gasteiger partial charge in [-0.05, 0) is 25.3 Å². The average molecular weight is 385 g/mol. The fraction of sp³-hybridized carbons (Fsp3) is 0.350. The van der Waals surface area contributed by atoms with Crippen LogP contribution >= 0.6 is 23.1 Å². The number of aromatic nitrogens is 2. The largest absolute Gasteiger partial charge is 0.298 e. The van der Waals surface area contributed by atoms with Crippen molar-refractivity contribution in [1.29, 1.82) is 0 Å². The highest BCUT2D eigenvalue weighted by atomic mass is 32.2. The van der Waals surface area contributed by atoms with Gasteiger partial charge in [0.2, 0.25) is 0 Å². The summed E-state index contributed by atoms with van der Waals surface area (Å²) in [6.07, 6.45) is 3.57. The van der Waals surface area contributed by atoms with Crippen LogP contribution < -0.4 is 5.56 Å². The van der Waals surface area contributed by atoms with Crippen molar-refractivity contribution in [3.05, 3.63) is 46.1 Å². The van der Waals surface area contributed by atoms with Gasteiger partial charge in [0.15, 0.2) is 5.16 Å². The first-order chi connectivity index (χ1) is 12.7. The van der Waals surface area contributed by atoms with Crippen LogP contribution in [0.4, 0.5) is 0 Å². The van der Waals surface area contributed by atoms with Gasteiger partial charge in [-0.1, -0.05) is 48.5 Å². The Kier molecular flexibility index (Phi) is 4.96. The van der Waals surface area contributed by atoms with Crippen molar-refractivity contribution in [3.8, 4) is 11.1 Å². The van der Waals surface area contributed by atoms with Crippen molar-refractivity contribution in [2.45, 2.75) is 49.6 Å². The number of Topliss-reactive ketones (excluding diaryl/α,β-unsaturated/α-hetero) is 1. The van der Waals surface area contributed by atoms with Crippen LogP contribution in [0.15, 0.2) is 45.7 Å². The molecule has 1 atom stereocenters. The van der Waals surface area contributed by atoms with Crippen molar-refractivity contribution < 1.29 is 4.79 Å². The number of fused-ring (bicyclic) bond motifs is 1. The summed E-state index contributed by atoms with van der Waals surface area (Å²) in [5.74, 6) is 0.286. The Balaban J connectivity index is 1.81.